The van der Waals surface area contributed by atoms with Crippen LogP contribution in [0.15, 0.2) is 42.5 Å². The van der Waals surface area contributed by atoms with E-state index in [0.29, 0.717) is 43.0 Å². The lowest BCUT2D eigenvalue weighted by molar-refractivity contribution is 0.0746. The molecule has 122 valence electrons. The third kappa shape index (κ3) is 3.15. The Hall–Kier alpha value is -3.07. The Bertz CT molecular complexity index is 790. The van der Waals surface area contributed by atoms with E-state index in [1.165, 1.54) is 24.3 Å². The fourth-order valence-electron chi connectivity index (χ4n) is 2.84. The number of nitrogens with two attached hydrogens (primary N) is 1. The summed E-state index contributed by atoms with van der Waals surface area (Å²) < 4.78 is 13.0. The van der Waals surface area contributed by atoms with Crippen LogP contribution in [-0.2, 0) is 0 Å². The van der Waals surface area contributed by atoms with Crippen LogP contribution < -0.4 is 10.6 Å². The average molecular weight is 324 g/mol. The van der Waals surface area contributed by atoms with Crippen LogP contribution in [0.1, 0.15) is 15.9 Å². The summed E-state index contributed by atoms with van der Waals surface area (Å²) in [6.45, 7) is 2.36. The van der Waals surface area contributed by atoms with Gasteiger partial charge in [-0.25, -0.2) is 4.39 Å². The fraction of sp³-hybridized carbons (Fsp3) is 0.222. The van der Waals surface area contributed by atoms with Crippen LogP contribution in [-0.4, -0.2) is 37.0 Å². The number of carbonyl (C=O) groups excluding carboxylic acids is 1. The molecule has 5 nitrogen and oxygen atoms in total. The molecule has 0 unspecified atom stereocenters. The maximum absolute atomic E-state index is 13.0. The van der Waals surface area contributed by atoms with Crippen molar-refractivity contribution in [3.63, 3.8) is 0 Å². The number of nitrogen functional groups attached to an aromatic ring is 1. The highest BCUT2D eigenvalue weighted by Crippen LogP contribution is 2.24. The van der Waals surface area contributed by atoms with Crippen LogP contribution in [0.5, 0.6) is 0 Å². The number of nitriles is 1. The SMILES string of the molecule is N#Cc1cc(N)ccc1N1CCN(C(=O)c2ccc(F)cc2)CC1. The highest BCUT2D eigenvalue weighted by molar-refractivity contribution is 5.94. The number of halogens is 1. The van der Waals surface area contributed by atoms with Crippen LogP contribution in [0, 0.1) is 17.1 Å². The molecule has 0 atom stereocenters. The largest absolute Gasteiger partial charge is 0.399 e. The average Bonchev–Trinajstić information content (AvgIpc) is 2.62. The van der Waals surface area contributed by atoms with Gasteiger partial charge in [-0.3, -0.25) is 4.79 Å². The summed E-state index contributed by atoms with van der Waals surface area (Å²) in [4.78, 5) is 16.3. The van der Waals surface area contributed by atoms with Crippen molar-refractivity contribution in [3.8, 4) is 6.07 Å². The Morgan fingerprint density at radius 3 is 2.38 bits per heavy atom. The van der Waals surface area contributed by atoms with Crippen LogP contribution in [0.25, 0.3) is 0 Å². The smallest absolute Gasteiger partial charge is 0.253 e. The molecule has 0 saturated carbocycles. The molecule has 1 amide bonds. The zero-order chi connectivity index (χ0) is 17.1. The predicted molar refractivity (Wildman–Crippen MR) is 90.1 cm³/mol. The first-order chi connectivity index (χ1) is 11.6. The molecule has 1 aliphatic heterocycles. The van der Waals surface area contributed by atoms with Crippen molar-refractivity contribution in [1.82, 2.24) is 4.90 Å². The van der Waals surface area contributed by atoms with E-state index >= 15 is 0 Å². The van der Waals surface area contributed by atoms with E-state index in [4.69, 9.17) is 5.73 Å². The third-order valence-corrected chi connectivity index (χ3v) is 4.14. The summed E-state index contributed by atoms with van der Waals surface area (Å²) in [7, 11) is 0. The third-order valence-electron chi connectivity index (χ3n) is 4.14. The number of anilines is 2. The maximum atomic E-state index is 13.0. The standard InChI is InChI=1S/C18H17FN4O/c19-15-3-1-13(2-4-15)18(24)23-9-7-22(8-10-23)17-6-5-16(21)11-14(17)12-20/h1-6,11H,7-10,21H2. The Balaban J connectivity index is 1.69. The van der Waals surface area contributed by atoms with E-state index in [1.807, 2.05) is 6.07 Å². The van der Waals surface area contributed by atoms with E-state index < -0.39 is 0 Å². The topological polar surface area (TPSA) is 73.4 Å². The van der Waals surface area contributed by atoms with Gasteiger partial charge in [0.05, 0.1) is 11.3 Å². The molecule has 2 aromatic carbocycles. The first-order valence-electron chi connectivity index (χ1n) is 7.68. The molecule has 24 heavy (non-hydrogen) atoms. The number of carbonyl (C=O) groups is 1. The van der Waals surface area contributed by atoms with Gasteiger partial charge < -0.3 is 15.5 Å². The first kappa shape index (κ1) is 15.8. The Morgan fingerprint density at radius 1 is 1.08 bits per heavy atom. The zero-order valence-electron chi connectivity index (χ0n) is 13.1. The van der Waals surface area contributed by atoms with Gasteiger partial charge in [-0.05, 0) is 42.5 Å². The lowest BCUT2D eigenvalue weighted by Gasteiger charge is -2.36. The molecule has 6 heteroatoms. The molecule has 0 aliphatic carbocycles. The monoisotopic (exact) mass is 324 g/mol. The molecule has 3 rings (SSSR count). The summed E-state index contributed by atoms with van der Waals surface area (Å²) >= 11 is 0. The quantitative estimate of drug-likeness (QED) is 0.860. The van der Waals surface area contributed by atoms with Gasteiger partial charge in [0.25, 0.3) is 5.91 Å². The molecular formula is C18H17FN4O. The number of amides is 1. The second-order valence-electron chi connectivity index (χ2n) is 5.67. The van der Waals surface area contributed by atoms with Gasteiger partial charge in [0.2, 0.25) is 0 Å². The summed E-state index contributed by atoms with van der Waals surface area (Å²) in [6, 6.07) is 13.0. The number of hydrogen-bond donors (Lipinski definition) is 1. The Morgan fingerprint density at radius 2 is 1.75 bits per heavy atom. The molecule has 0 radical (unpaired) electrons. The summed E-state index contributed by atoms with van der Waals surface area (Å²) in [5.74, 6) is -0.462. The number of benzene rings is 2. The predicted octanol–water partition coefficient (Wildman–Crippen LogP) is 2.24. The minimum atomic E-state index is -0.358. The van der Waals surface area contributed by atoms with E-state index in [0.717, 1.165) is 5.69 Å². The van der Waals surface area contributed by atoms with Gasteiger partial charge in [-0.1, -0.05) is 0 Å². The lowest BCUT2D eigenvalue weighted by Crippen LogP contribution is -2.49. The van der Waals surface area contributed by atoms with Crippen molar-refractivity contribution in [2.45, 2.75) is 0 Å². The molecule has 0 aromatic heterocycles. The Labute approximate surface area is 139 Å². The van der Waals surface area contributed by atoms with E-state index in [9.17, 15) is 14.4 Å². The van der Waals surface area contributed by atoms with Gasteiger partial charge in [0.15, 0.2) is 0 Å². The summed E-state index contributed by atoms with van der Waals surface area (Å²) in [5, 5.41) is 9.26. The zero-order valence-corrected chi connectivity index (χ0v) is 13.1. The highest BCUT2D eigenvalue weighted by atomic mass is 19.1. The van der Waals surface area contributed by atoms with E-state index in [1.54, 1.807) is 17.0 Å². The van der Waals surface area contributed by atoms with Gasteiger partial charge >= 0.3 is 0 Å². The molecule has 1 saturated heterocycles. The van der Waals surface area contributed by atoms with E-state index in [-0.39, 0.29) is 11.7 Å². The van der Waals surface area contributed by atoms with Crippen LogP contribution >= 0.6 is 0 Å². The van der Waals surface area contributed by atoms with Crippen molar-refractivity contribution >= 4 is 17.3 Å². The van der Waals surface area contributed by atoms with Crippen molar-refractivity contribution in [2.75, 3.05) is 36.8 Å². The van der Waals surface area contributed by atoms with Crippen LogP contribution in [0.3, 0.4) is 0 Å². The van der Waals surface area contributed by atoms with Crippen LogP contribution in [0.2, 0.25) is 0 Å². The molecule has 0 spiro atoms. The summed E-state index contributed by atoms with van der Waals surface area (Å²) in [6.07, 6.45) is 0. The van der Waals surface area contributed by atoms with Gasteiger partial charge in [-0.15, -0.1) is 0 Å². The lowest BCUT2D eigenvalue weighted by atomic mass is 10.1. The van der Waals surface area contributed by atoms with Gasteiger partial charge in [0, 0.05) is 37.4 Å². The normalized spacial score (nSPS) is 14.3. The van der Waals surface area contributed by atoms with Crippen molar-refractivity contribution in [2.24, 2.45) is 0 Å². The number of piperazine rings is 1. The van der Waals surface area contributed by atoms with Crippen molar-refractivity contribution in [3.05, 3.63) is 59.4 Å². The van der Waals surface area contributed by atoms with Crippen LogP contribution in [0.4, 0.5) is 15.8 Å². The minimum Gasteiger partial charge on any atom is -0.399 e. The fourth-order valence-corrected chi connectivity index (χ4v) is 2.84. The molecule has 1 heterocycles. The minimum absolute atomic E-state index is 0.104. The molecule has 0 bridgehead atoms. The number of hydrogen-bond acceptors (Lipinski definition) is 4. The van der Waals surface area contributed by atoms with Crippen molar-refractivity contribution < 1.29 is 9.18 Å². The molecular weight excluding hydrogens is 307 g/mol. The van der Waals surface area contributed by atoms with E-state index in [2.05, 4.69) is 11.0 Å². The van der Waals surface area contributed by atoms with Crippen molar-refractivity contribution in [1.29, 1.82) is 5.26 Å². The second-order valence-corrected chi connectivity index (χ2v) is 5.67. The first-order valence-corrected chi connectivity index (χ1v) is 7.68. The Kier molecular flexibility index (Phi) is 4.34. The van der Waals surface area contributed by atoms with Gasteiger partial charge in [-0.2, -0.15) is 5.26 Å². The molecule has 1 aliphatic rings. The number of nitrogens with zero attached hydrogens (tertiary/aromatic N) is 3. The highest BCUT2D eigenvalue weighted by Gasteiger charge is 2.23. The summed E-state index contributed by atoms with van der Waals surface area (Å²) in [5.41, 5.74) is 8.13. The number of rotatable bonds is 2. The van der Waals surface area contributed by atoms with Gasteiger partial charge in [0.1, 0.15) is 11.9 Å². The molecule has 2 aromatic rings. The molecule has 1 fully saturated rings. The maximum Gasteiger partial charge on any atom is 0.253 e. The second kappa shape index (κ2) is 6.59. The molecule has 2 N–H and O–H groups in total.